The third-order valence-corrected chi connectivity index (χ3v) is 3.29. The van der Waals surface area contributed by atoms with Gasteiger partial charge in [-0.3, -0.25) is 4.79 Å². The Bertz CT molecular complexity index is 448. The highest BCUT2D eigenvalue weighted by Gasteiger charge is 2.18. The summed E-state index contributed by atoms with van der Waals surface area (Å²) in [5.41, 5.74) is 12.6. The highest BCUT2D eigenvalue weighted by Crippen LogP contribution is 2.23. The molecule has 5 heteroatoms. The first-order valence-corrected chi connectivity index (χ1v) is 6.72. The normalized spacial score (nSPS) is 14.9. The van der Waals surface area contributed by atoms with Crippen LogP contribution in [0, 0.1) is 0 Å². The van der Waals surface area contributed by atoms with Gasteiger partial charge >= 0.3 is 0 Å². The zero-order chi connectivity index (χ0) is 13.7. The van der Waals surface area contributed by atoms with Crippen LogP contribution < -0.4 is 16.2 Å². The summed E-state index contributed by atoms with van der Waals surface area (Å²) in [6, 6.07) is 5.25. The number of unbranched alkanes of at least 4 members (excludes halogenated alkanes) is 1. The molecule has 0 saturated carbocycles. The van der Waals surface area contributed by atoms with Gasteiger partial charge in [-0.25, -0.2) is 0 Å². The molecule has 1 fully saturated rings. The molecular weight excluding hydrogens is 242 g/mol. The van der Waals surface area contributed by atoms with Crippen LogP contribution in [-0.2, 0) is 4.79 Å². The first-order valence-electron chi connectivity index (χ1n) is 6.72. The van der Waals surface area contributed by atoms with Gasteiger partial charge in [0.1, 0.15) is 5.75 Å². The van der Waals surface area contributed by atoms with E-state index in [0.29, 0.717) is 30.2 Å². The van der Waals surface area contributed by atoms with E-state index in [-0.39, 0.29) is 5.91 Å². The second-order valence-corrected chi connectivity index (χ2v) is 4.84. The van der Waals surface area contributed by atoms with Gasteiger partial charge in [-0.05, 0) is 37.5 Å². The summed E-state index contributed by atoms with van der Waals surface area (Å²) in [4.78, 5) is 13.3. The number of carbonyl (C=O) groups excluding carboxylic acids is 1. The smallest absolute Gasteiger partial charge is 0.222 e. The lowest BCUT2D eigenvalue weighted by atomic mass is 10.2. The van der Waals surface area contributed by atoms with Gasteiger partial charge < -0.3 is 21.1 Å². The van der Waals surface area contributed by atoms with Crippen LogP contribution in [0.3, 0.4) is 0 Å². The molecule has 1 aromatic carbocycles. The summed E-state index contributed by atoms with van der Waals surface area (Å²) in [6.45, 7) is 2.35. The fourth-order valence-electron chi connectivity index (χ4n) is 2.23. The van der Waals surface area contributed by atoms with Crippen LogP contribution in [0.25, 0.3) is 0 Å². The average Bonchev–Trinajstić information content (AvgIpc) is 2.77. The molecule has 0 bridgehead atoms. The van der Waals surface area contributed by atoms with Crippen LogP contribution in [0.1, 0.15) is 25.7 Å². The molecule has 1 aromatic rings. The van der Waals surface area contributed by atoms with Crippen LogP contribution in [0.2, 0.25) is 0 Å². The van der Waals surface area contributed by atoms with E-state index in [0.717, 1.165) is 32.4 Å². The highest BCUT2D eigenvalue weighted by molar-refractivity contribution is 5.77. The predicted octanol–water partition coefficient (Wildman–Crippen LogP) is 1.63. The van der Waals surface area contributed by atoms with Gasteiger partial charge in [0.15, 0.2) is 0 Å². The van der Waals surface area contributed by atoms with Crippen LogP contribution in [-0.4, -0.2) is 30.5 Å². The van der Waals surface area contributed by atoms with Gasteiger partial charge in [-0.1, -0.05) is 0 Å². The van der Waals surface area contributed by atoms with E-state index in [1.165, 1.54) is 0 Å². The fraction of sp³-hybridized carbons (Fsp3) is 0.500. The first kappa shape index (κ1) is 13.5. The molecule has 2 rings (SSSR count). The molecule has 1 aliphatic rings. The van der Waals surface area contributed by atoms with Crippen molar-refractivity contribution in [3.8, 4) is 5.75 Å². The maximum absolute atomic E-state index is 11.4. The summed E-state index contributed by atoms with van der Waals surface area (Å²) >= 11 is 0. The molecule has 1 saturated heterocycles. The molecule has 1 aliphatic heterocycles. The number of ether oxygens (including phenoxy) is 1. The minimum absolute atomic E-state index is 0.281. The second-order valence-electron chi connectivity index (χ2n) is 4.84. The number of hydrogen-bond acceptors (Lipinski definition) is 4. The standard InChI is InChI=1S/C14H21N3O2/c15-11-5-6-13(12(16)10-11)19-9-2-1-7-17-8-3-4-14(17)18/h5-6,10H,1-4,7-9,15-16H2. The Morgan fingerprint density at radius 3 is 2.79 bits per heavy atom. The average molecular weight is 263 g/mol. The minimum atomic E-state index is 0.281. The molecule has 0 spiro atoms. The quantitative estimate of drug-likeness (QED) is 0.603. The van der Waals surface area contributed by atoms with Crippen molar-refractivity contribution in [3.05, 3.63) is 18.2 Å². The predicted molar refractivity (Wildman–Crippen MR) is 75.8 cm³/mol. The summed E-state index contributed by atoms with van der Waals surface area (Å²) in [6.07, 6.45) is 3.57. The van der Waals surface area contributed by atoms with Crippen molar-refractivity contribution in [2.45, 2.75) is 25.7 Å². The van der Waals surface area contributed by atoms with E-state index < -0.39 is 0 Å². The van der Waals surface area contributed by atoms with Crippen molar-refractivity contribution in [1.29, 1.82) is 0 Å². The highest BCUT2D eigenvalue weighted by atomic mass is 16.5. The van der Waals surface area contributed by atoms with Crippen LogP contribution in [0.4, 0.5) is 11.4 Å². The Morgan fingerprint density at radius 1 is 1.26 bits per heavy atom. The second kappa shape index (κ2) is 6.31. The van der Waals surface area contributed by atoms with E-state index in [1.54, 1.807) is 18.2 Å². The third-order valence-electron chi connectivity index (χ3n) is 3.29. The Balaban J connectivity index is 1.65. The first-order chi connectivity index (χ1) is 9.16. The molecule has 104 valence electrons. The zero-order valence-electron chi connectivity index (χ0n) is 11.1. The number of likely N-dealkylation sites (tertiary alicyclic amines) is 1. The van der Waals surface area contributed by atoms with Crippen LogP contribution in [0.5, 0.6) is 5.75 Å². The lowest BCUT2D eigenvalue weighted by Crippen LogP contribution is -2.25. The van der Waals surface area contributed by atoms with Gasteiger partial charge in [-0.15, -0.1) is 0 Å². The van der Waals surface area contributed by atoms with Gasteiger partial charge in [-0.2, -0.15) is 0 Å². The monoisotopic (exact) mass is 263 g/mol. The number of nitrogens with two attached hydrogens (primary N) is 2. The summed E-state index contributed by atoms with van der Waals surface area (Å²) < 4.78 is 5.60. The molecule has 0 unspecified atom stereocenters. The fourth-order valence-corrected chi connectivity index (χ4v) is 2.23. The van der Waals surface area contributed by atoms with Crippen molar-refractivity contribution in [1.82, 2.24) is 4.90 Å². The molecule has 0 radical (unpaired) electrons. The number of anilines is 2. The summed E-state index contributed by atoms with van der Waals surface area (Å²) in [5.74, 6) is 0.954. The Kier molecular flexibility index (Phi) is 4.49. The largest absolute Gasteiger partial charge is 0.491 e. The molecule has 1 heterocycles. The van der Waals surface area contributed by atoms with Crippen molar-refractivity contribution in [3.63, 3.8) is 0 Å². The Hall–Kier alpha value is -1.91. The van der Waals surface area contributed by atoms with Crippen molar-refractivity contribution in [2.24, 2.45) is 0 Å². The number of hydrogen-bond donors (Lipinski definition) is 2. The minimum Gasteiger partial charge on any atom is -0.491 e. The van der Waals surface area contributed by atoms with E-state index in [4.69, 9.17) is 16.2 Å². The molecule has 4 N–H and O–H groups in total. The van der Waals surface area contributed by atoms with E-state index in [2.05, 4.69) is 0 Å². The molecule has 1 amide bonds. The SMILES string of the molecule is Nc1ccc(OCCCCN2CCCC2=O)c(N)c1. The van der Waals surface area contributed by atoms with Gasteiger partial charge in [0.25, 0.3) is 0 Å². The molecule has 0 atom stereocenters. The summed E-state index contributed by atoms with van der Waals surface area (Å²) in [7, 11) is 0. The molecule has 0 aromatic heterocycles. The summed E-state index contributed by atoms with van der Waals surface area (Å²) in [5, 5.41) is 0. The third kappa shape index (κ3) is 3.77. The van der Waals surface area contributed by atoms with Crippen molar-refractivity contribution < 1.29 is 9.53 Å². The molecule has 0 aliphatic carbocycles. The lowest BCUT2D eigenvalue weighted by molar-refractivity contribution is -0.127. The number of amides is 1. The van der Waals surface area contributed by atoms with Crippen LogP contribution >= 0.6 is 0 Å². The molecule has 5 nitrogen and oxygen atoms in total. The number of nitrogens with zero attached hydrogens (tertiary/aromatic N) is 1. The Morgan fingerprint density at radius 2 is 2.11 bits per heavy atom. The van der Waals surface area contributed by atoms with Gasteiger partial charge in [0, 0.05) is 25.2 Å². The van der Waals surface area contributed by atoms with Crippen molar-refractivity contribution >= 4 is 17.3 Å². The lowest BCUT2D eigenvalue weighted by Gasteiger charge is -2.15. The topological polar surface area (TPSA) is 81.6 Å². The van der Waals surface area contributed by atoms with Gasteiger partial charge in [0.05, 0.1) is 12.3 Å². The molecular formula is C14H21N3O2. The molecule has 19 heavy (non-hydrogen) atoms. The van der Waals surface area contributed by atoms with Crippen LogP contribution in [0.15, 0.2) is 18.2 Å². The number of carbonyl (C=O) groups is 1. The zero-order valence-corrected chi connectivity index (χ0v) is 11.1. The van der Waals surface area contributed by atoms with E-state index in [9.17, 15) is 4.79 Å². The number of nitrogen functional groups attached to an aromatic ring is 2. The van der Waals surface area contributed by atoms with Gasteiger partial charge in [0.2, 0.25) is 5.91 Å². The van der Waals surface area contributed by atoms with Crippen molar-refractivity contribution in [2.75, 3.05) is 31.2 Å². The number of rotatable bonds is 6. The maximum atomic E-state index is 11.4. The van der Waals surface area contributed by atoms with E-state index in [1.807, 2.05) is 4.90 Å². The van der Waals surface area contributed by atoms with E-state index >= 15 is 0 Å². The Labute approximate surface area is 113 Å². The number of benzene rings is 1. The maximum Gasteiger partial charge on any atom is 0.222 e.